The average Bonchev–Trinajstić information content (AvgIpc) is 3.87. The van der Waals surface area contributed by atoms with Crippen LogP contribution >= 0.6 is 0 Å². The van der Waals surface area contributed by atoms with Crippen LogP contribution in [-0.4, -0.2) is 46.7 Å². The van der Waals surface area contributed by atoms with Crippen molar-refractivity contribution >= 4 is 39.7 Å². The van der Waals surface area contributed by atoms with E-state index in [0.29, 0.717) is 41.3 Å². The van der Waals surface area contributed by atoms with Crippen LogP contribution in [0.25, 0.3) is 0 Å². The molecule has 6 heteroatoms. The first-order valence-corrected chi connectivity index (χ1v) is 23.1. The van der Waals surface area contributed by atoms with Crippen molar-refractivity contribution in [2.24, 2.45) is 47.3 Å². The SMILES string of the molecule is CC(=O)O[C@@H]1C=C[C@H](O)[C@H]2[C@@H]1[C@H]1C=C[C@@H]2C1.C[SiH](C)c1ccccc1.C[SiH](C)c1ccccc1.O=C1C=CC[C@@H]2[C@H]1[C@@H]1C=C[C@H]2C1. The third kappa shape index (κ3) is 8.07. The second-order valence-electron chi connectivity index (χ2n) is 14.4. The largest absolute Gasteiger partial charge is 0.458 e. The minimum Gasteiger partial charge on any atom is -0.458 e. The summed E-state index contributed by atoms with van der Waals surface area (Å²) in [6.45, 7) is 10.8. The number of benzene rings is 2. The lowest BCUT2D eigenvalue weighted by Crippen LogP contribution is -2.41. The number of rotatable bonds is 3. The van der Waals surface area contributed by atoms with Gasteiger partial charge in [-0.15, -0.1) is 0 Å². The molecule has 2 aromatic carbocycles. The third-order valence-corrected chi connectivity index (χ3v) is 14.2. The Kier molecular flexibility index (Phi) is 11.7. The zero-order chi connectivity index (χ0) is 32.8. The molecule has 2 fully saturated rings. The molecule has 0 aromatic heterocycles. The Balaban J connectivity index is 0.000000125. The van der Waals surface area contributed by atoms with Gasteiger partial charge < -0.3 is 9.84 Å². The third-order valence-electron chi connectivity index (χ3n) is 10.7. The van der Waals surface area contributed by atoms with Crippen molar-refractivity contribution < 1.29 is 19.4 Å². The van der Waals surface area contributed by atoms with Gasteiger partial charge >= 0.3 is 5.97 Å². The molecule has 0 radical (unpaired) electrons. The summed E-state index contributed by atoms with van der Waals surface area (Å²) in [5.74, 6) is 3.89. The molecular weight excluding hydrogens is 601 g/mol. The fourth-order valence-corrected chi connectivity index (χ4v) is 10.4. The molecule has 1 N–H and O–H groups in total. The summed E-state index contributed by atoms with van der Waals surface area (Å²) in [6.07, 6.45) is 19.4. The first-order valence-electron chi connectivity index (χ1n) is 17.3. The summed E-state index contributed by atoms with van der Waals surface area (Å²) in [7, 11) is -1.06. The Morgan fingerprint density at radius 2 is 1.24 bits per heavy atom. The van der Waals surface area contributed by atoms with Crippen molar-refractivity contribution in [3.63, 3.8) is 0 Å². The van der Waals surface area contributed by atoms with Crippen LogP contribution in [0.3, 0.4) is 0 Å². The normalized spacial score (nSPS) is 33.3. The fraction of sp³-hybridized carbons (Fsp3) is 0.450. The summed E-state index contributed by atoms with van der Waals surface area (Å²) in [6, 6.07) is 21.5. The van der Waals surface area contributed by atoms with Gasteiger partial charge in [0.15, 0.2) is 5.78 Å². The van der Waals surface area contributed by atoms with E-state index >= 15 is 0 Å². The Bertz CT molecular complexity index is 1390. The number of ketones is 1. The van der Waals surface area contributed by atoms with Crippen LogP contribution in [0.15, 0.2) is 109 Å². The van der Waals surface area contributed by atoms with E-state index in [1.165, 1.54) is 13.3 Å². The maximum atomic E-state index is 11.5. The van der Waals surface area contributed by atoms with E-state index in [9.17, 15) is 14.7 Å². The molecule has 46 heavy (non-hydrogen) atoms. The highest BCUT2D eigenvalue weighted by atomic mass is 28.3. The molecule has 6 aliphatic carbocycles. The van der Waals surface area contributed by atoms with E-state index in [4.69, 9.17) is 4.74 Å². The van der Waals surface area contributed by atoms with Gasteiger partial charge in [-0.3, -0.25) is 9.59 Å². The Morgan fingerprint density at radius 1 is 0.717 bits per heavy atom. The quantitative estimate of drug-likeness (QED) is 0.251. The minimum atomic E-state index is -0.529. The lowest BCUT2D eigenvalue weighted by atomic mass is 9.73. The number of ether oxygens (including phenoxy) is 1. The van der Waals surface area contributed by atoms with Crippen molar-refractivity contribution in [1.82, 2.24) is 0 Å². The smallest absolute Gasteiger partial charge is 0.303 e. The average molecular weight is 653 g/mol. The van der Waals surface area contributed by atoms with Gasteiger partial charge in [-0.05, 0) is 61.0 Å². The molecule has 4 nitrogen and oxygen atoms in total. The van der Waals surface area contributed by atoms with E-state index in [1.807, 2.05) is 6.08 Å². The predicted octanol–water partition coefficient (Wildman–Crippen LogP) is 6.00. The van der Waals surface area contributed by atoms with Crippen molar-refractivity contribution in [2.45, 2.75) is 64.6 Å². The van der Waals surface area contributed by atoms with Gasteiger partial charge in [0.25, 0.3) is 0 Å². The first-order chi connectivity index (χ1) is 22.1. The molecule has 2 aromatic rings. The lowest BCUT2D eigenvalue weighted by molar-refractivity contribution is -0.149. The zero-order valence-electron chi connectivity index (χ0n) is 28.1. The zero-order valence-corrected chi connectivity index (χ0v) is 30.4. The molecule has 8 rings (SSSR count). The molecular formula is C40H52O4Si2. The van der Waals surface area contributed by atoms with Gasteiger partial charge in [-0.2, -0.15) is 0 Å². The number of carbonyl (C=O) groups excluding carboxylic acids is 2. The van der Waals surface area contributed by atoms with E-state index in [2.05, 4.69) is 117 Å². The van der Waals surface area contributed by atoms with Gasteiger partial charge in [-0.25, -0.2) is 0 Å². The molecule has 10 atom stereocenters. The van der Waals surface area contributed by atoms with Crippen LogP contribution in [0.4, 0.5) is 0 Å². The van der Waals surface area contributed by atoms with Gasteiger partial charge in [-0.1, -0.05) is 134 Å². The molecule has 0 aliphatic heterocycles. The number of fused-ring (bicyclic) bond motifs is 10. The van der Waals surface area contributed by atoms with Crippen LogP contribution in [-0.2, 0) is 14.3 Å². The van der Waals surface area contributed by atoms with E-state index < -0.39 is 17.6 Å². The Morgan fingerprint density at radius 3 is 1.76 bits per heavy atom. The molecule has 0 amide bonds. The summed E-state index contributed by atoms with van der Waals surface area (Å²) in [4.78, 5) is 22.6. The number of aliphatic hydroxyl groups excluding tert-OH is 1. The lowest BCUT2D eigenvalue weighted by Gasteiger charge is -2.37. The molecule has 244 valence electrons. The van der Waals surface area contributed by atoms with E-state index in [0.717, 1.165) is 12.8 Å². The number of carbonyl (C=O) groups is 2. The fourth-order valence-electron chi connectivity index (χ4n) is 8.43. The molecule has 0 heterocycles. The van der Waals surface area contributed by atoms with Gasteiger partial charge in [0, 0.05) is 24.7 Å². The molecule has 6 aliphatic rings. The first kappa shape index (κ1) is 34.3. The second-order valence-corrected chi connectivity index (χ2v) is 20.3. The van der Waals surface area contributed by atoms with Crippen LogP contribution in [0.1, 0.15) is 26.2 Å². The molecule has 0 spiro atoms. The highest BCUT2D eigenvalue weighted by Gasteiger charge is 2.52. The van der Waals surface area contributed by atoms with Crippen LogP contribution in [0, 0.1) is 47.3 Å². The summed E-state index contributed by atoms with van der Waals surface area (Å²) in [5, 5.41) is 13.1. The van der Waals surface area contributed by atoms with Gasteiger partial charge in [0.1, 0.15) is 6.10 Å². The number of hydrogen-bond donors (Lipinski definition) is 1. The van der Waals surface area contributed by atoms with E-state index in [1.54, 1.807) is 22.5 Å². The van der Waals surface area contributed by atoms with Crippen molar-refractivity contribution in [3.8, 4) is 0 Å². The van der Waals surface area contributed by atoms with E-state index in [-0.39, 0.29) is 30.0 Å². The van der Waals surface area contributed by atoms with Crippen molar-refractivity contribution in [2.75, 3.05) is 0 Å². The van der Waals surface area contributed by atoms with Crippen LogP contribution in [0.5, 0.6) is 0 Å². The summed E-state index contributed by atoms with van der Waals surface area (Å²) < 4.78 is 5.34. The molecule has 0 saturated heterocycles. The highest BCUT2D eigenvalue weighted by molar-refractivity contribution is 6.71. The summed E-state index contributed by atoms with van der Waals surface area (Å²) in [5.41, 5.74) is 0. The maximum Gasteiger partial charge on any atom is 0.303 e. The Hall–Kier alpha value is -3.07. The number of hydrogen-bond acceptors (Lipinski definition) is 4. The molecule has 4 bridgehead atoms. The predicted molar refractivity (Wildman–Crippen MR) is 195 cm³/mol. The summed E-state index contributed by atoms with van der Waals surface area (Å²) >= 11 is 0. The minimum absolute atomic E-state index is 0.147. The van der Waals surface area contributed by atoms with Crippen molar-refractivity contribution in [1.29, 1.82) is 0 Å². The molecule has 2 saturated carbocycles. The number of aliphatic hydroxyl groups is 1. The van der Waals surface area contributed by atoms with Crippen molar-refractivity contribution in [3.05, 3.63) is 109 Å². The second kappa shape index (κ2) is 15.7. The Labute approximate surface area is 279 Å². The standard InChI is InChI=1S/C13H16O3.C11H12O.2C8H12Si/c1-7(14)16-11-5-4-10(15)12-8-2-3-9(6-8)13(11)12;12-10-3-1-2-9-7-4-5-8(6-7)11(9)10;2*1-9(2)8-6-4-3-5-7-8/h2-5,8-13,15H,6H2,1H3;1,3-5,7-9,11H,2,6H2;2*3-7,9H,1-2H3/t8-,9+,10+,11-,12+,13-;7-,8+,9-,11+;;/m10../s1. The van der Waals surface area contributed by atoms with Gasteiger partial charge in [0.05, 0.1) is 23.7 Å². The monoisotopic (exact) mass is 652 g/mol. The van der Waals surface area contributed by atoms with Crippen LogP contribution < -0.4 is 10.4 Å². The topological polar surface area (TPSA) is 63.6 Å². The van der Waals surface area contributed by atoms with Crippen LogP contribution in [0.2, 0.25) is 26.2 Å². The number of esters is 1. The highest BCUT2D eigenvalue weighted by Crippen LogP contribution is 2.53. The molecule has 0 unspecified atom stereocenters. The number of allylic oxidation sites excluding steroid dienone is 6. The maximum absolute atomic E-state index is 11.5. The van der Waals surface area contributed by atoms with Gasteiger partial charge in [0.2, 0.25) is 0 Å².